The van der Waals surface area contributed by atoms with Crippen molar-refractivity contribution in [2.75, 3.05) is 0 Å². The van der Waals surface area contributed by atoms with Crippen LogP contribution in [-0.4, -0.2) is 9.97 Å². The summed E-state index contributed by atoms with van der Waals surface area (Å²) in [6.07, 6.45) is 12.7. The molecule has 0 fully saturated rings. The van der Waals surface area contributed by atoms with Crippen molar-refractivity contribution in [3.8, 4) is 11.1 Å². The summed E-state index contributed by atoms with van der Waals surface area (Å²) in [5.41, 5.74) is 5.36. The van der Waals surface area contributed by atoms with E-state index in [2.05, 4.69) is 16.0 Å². The van der Waals surface area contributed by atoms with Gasteiger partial charge < -0.3 is 0 Å². The van der Waals surface area contributed by atoms with Crippen LogP contribution in [0.15, 0.2) is 36.9 Å². The summed E-state index contributed by atoms with van der Waals surface area (Å²) >= 11 is 0. The number of rotatable bonds is 1. The lowest BCUT2D eigenvalue weighted by Crippen LogP contribution is -2.05. The van der Waals surface area contributed by atoms with Crippen molar-refractivity contribution in [1.29, 1.82) is 0 Å². The van der Waals surface area contributed by atoms with E-state index in [1.54, 1.807) is 0 Å². The average molecular weight is 210 g/mol. The van der Waals surface area contributed by atoms with Crippen molar-refractivity contribution >= 4 is 0 Å². The highest BCUT2D eigenvalue weighted by molar-refractivity contribution is 5.67. The quantitative estimate of drug-likeness (QED) is 0.723. The summed E-state index contributed by atoms with van der Waals surface area (Å²) in [6.45, 7) is 0. The molecule has 0 N–H and O–H groups in total. The predicted molar refractivity (Wildman–Crippen MR) is 64.1 cm³/mol. The second-order valence-corrected chi connectivity index (χ2v) is 4.27. The number of fused-ring (bicyclic) bond motifs is 1. The summed E-state index contributed by atoms with van der Waals surface area (Å²) in [7, 11) is 0. The molecule has 1 aliphatic carbocycles. The summed E-state index contributed by atoms with van der Waals surface area (Å²) < 4.78 is 0. The molecule has 0 bridgehead atoms. The van der Waals surface area contributed by atoms with Crippen molar-refractivity contribution in [2.45, 2.75) is 25.7 Å². The molecular formula is C14H14N2. The first-order valence-corrected chi connectivity index (χ1v) is 5.81. The van der Waals surface area contributed by atoms with E-state index in [9.17, 15) is 0 Å². The highest BCUT2D eigenvalue weighted by atomic mass is 14.6. The van der Waals surface area contributed by atoms with Crippen LogP contribution in [0.3, 0.4) is 0 Å². The molecule has 0 radical (unpaired) electrons. The van der Waals surface area contributed by atoms with Crippen molar-refractivity contribution in [3.05, 3.63) is 48.0 Å². The van der Waals surface area contributed by atoms with Gasteiger partial charge in [-0.2, -0.15) is 0 Å². The van der Waals surface area contributed by atoms with Gasteiger partial charge in [0.2, 0.25) is 0 Å². The van der Waals surface area contributed by atoms with Crippen LogP contribution in [0.4, 0.5) is 0 Å². The lowest BCUT2D eigenvalue weighted by atomic mass is 9.88. The normalized spacial score (nSPS) is 14.5. The van der Waals surface area contributed by atoms with Crippen LogP contribution in [0.25, 0.3) is 11.1 Å². The zero-order valence-electron chi connectivity index (χ0n) is 9.19. The molecule has 2 nitrogen and oxygen atoms in total. The molecule has 2 aromatic heterocycles. The van der Waals surface area contributed by atoms with Crippen LogP contribution < -0.4 is 0 Å². The van der Waals surface area contributed by atoms with Crippen LogP contribution in [0.2, 0.25) is 0 Å². The Labute approximate surface area is 95.4 Å². The minimum absolute atomic E-state index is 1.18. The van der Waals surface area contributed by atoms with E-state index in [0.717, 1.165) is 0 Å². The first kappa shape index (κ1) is 9.52. The van der Waals surface area contributed by atoms with Crippen LogP contribution in [0, 0.1) is 0 Å². The maximum absolute atomic E-state index is 4.35. The lowest BCUT2D eigenvalue weighted by molar-refractivity contribution is 0.683. The standard InChI is InChI=1S/C14H14N2/c1-2-6-13-11(4-1)9-16-10-14(13)12-5-3-7-15-8-12/h3,5,7-10H,1-2,4,6H2. The van der Waals surface area contributed by atoms with Gasteiger partial charge in [-0.05, 0) is 42.9 Å². The second-order valence-electron chi connectivity index (χ2n) is 4.27. The van der Waals surface area contributed by atoms with Crippen molar-refractivity contribution in [2.24, 2.45) is 0 Å². The lowest BCUT2D eigenvalue weighted by Gasteiger charge is -2.18. The van der Waals surface area contributed by atoms with E-state index in [4.69, 9.17) is 0 Å². The van der Waals surface area contributed by atoms with Gasteiger partial charge in [-0.1, -0.05) is 6.07 Å². The van der Waals surface area contributed by atoms with E-state index >= 15 is 0 Å². The molecule has 2 aromatic rings. The Bertz CT molecular complexity index is 491. The van der Waals surface area contributed by atoms with Gasteiger partial charge in [0, 0.05) is 35.9 Å². The molecule has 0 saturated carbocycles. The average Bonchev–Trinajstić information content (AvgIpc) is 2.39. The van der Waals surface area contributed by atoms with Crippen molar-refractivity contribution < 1.29 is 0 Å². The Morgan fingerprint density at radius 2 is 1.88 bits per heavy atom. The Balaban J connectivity index is 2.14. The van der Waals surface area contributed by atoms with Crippen molar-refractivity contribution in [3.63, 3.8) is 0 Å². The van der Waals surface area contributed by atoms with E-state index in [1.165, 1.54) is 47.9 Å². The van der Waals surface area contributed by atoms with E-state index in [-0.39, 0.29) is 0 Å². The molecule has 2 heteroatoms. The van der Waals surface area contributed by atoms with Gasteiger partial charge in [0.25, 0.3) is 0 Å². The summed E-state index contributed by atoms with van der Waals surface area (Å²) in [5, 5.41) is 0. The molecule has 0 aliphatic heterocycles. The third-order valence-corrected chi connectivity index (χ3v) is 3.24. The first-order chi connectivity index (χ1) is 7.95. The molecular weight excluding hydrogens is 196 g/mol. The van der Waals surface area contributed by atoms with Gasteiger partial charge in [-0.25, -0.2) is 0 Å². The molecule has 16 heavy (non-hydrogen) atoms. The summed E-state index contributed by atoms with van der Waals surface area (Å²) in [4.78, 5) is 8.53. The molecule has 3 rings (SSSR count). The van der Waals surface area contributed by atoms with Crippen LogP contribution >= 0.6 is 0 Å². The van der Waals surface area contributed by atoms with Crippen molar-refractivity contribution in [1.82, 2.24) is 9.97 Å². The Morgan fingerprint density at radius 1 is 0.938 bits per heavy atom. The highest BCUT2D eigenvalue weighted by Gasteiger charge is 2.14. The number of hydrogen-bond acceptors (Lipinski definition) is 2. The number of pyridine rings is 2. The Hall–Kier alpha value is -1.70. The number of hydrogen-bond donors (Lipinski definition) is 0. The Morgan fingerprint density at radius 3 is 2.75 bits per heavy atom. The zero-order valence-corrected chi connectivity index (χ0v) is 9.19. The van der Waals surface area contributed by atoms with Crippen LogP contribution in [-0.2, 0) is 12.8 Å². The monoisotopic (exact) mass is 210 g/mol. The largest absolute Gasteiger partial charge is 0.264 e. The molecule has 0 spiro atoms. The molecule has 0 amide bonds. The molecule has 1 aliphatic rings. The fourth-order valence-corrected chi connectivity index (χ4v) is 2.43. The molecule has 0 unspecified atom stereocenters. The smallest absolute Gasteiger partial charge is 0.0349 e. The minimum atomic E-state index is 1.18. The van der Waals surface area contributed by atoms with Gasteiger partial charge in [0.05, 0.1) is 0 Å². The molecule has 2 heterocycles. The van der Waals surface area contributed by atoms with Gasteiger partial charge in [0.1, 0.15) is 0 Å². The maximum atomic E-state index is 4.35. The number of nitrogens with zero attached hydrogens (tertiary/aromatic N) is 2. The fraction of sp³-hybridized carbons (Fsp3) is 0.286. The number of aromatic nitrogens is 2. The summed E-state index contributed by atoms with van der Waals surface area (Å²) in [5.74, 6) is 0. The van der Waals surface area contributed by atoms with Crippen LogP contribution in [0.5, 0.6) is 0 Å². The van der Waals surface area contributed by atoms with Gasteiger partial charge in [0.15, 0.2) is 0 Å². The van der Waals surface area contributed by atoms with Gasteiger partial charge in [-0.15, -0.1) is 0 Å². The van der Waals surface area contributed by atoms with Crippen LogP contribution in [0.1, 0.15) is 24.0 Å². The Kier molecular flexibility index (Phi) is 2.41. The number of aryl methyl sites for hydroxylation is 1. The molecule has 0 saturated heterocycles. The fourth-order valence-electron chi connectivity index (χ4n) is 2.43. The van der Waals surface area contributed by atoms with Gasteiger partial charge in [-0.3, -0.25) is 9.97 Å². The molecule has 0 atom stereocenters. The predicted octanol–water partition coefficient (Wildman–Crippen LogP) is 3.02. The van der Waals surface area contributed by atoms with E-state index in [1.807, 2.05) is 30.9 Å². The third kappa shape index (κ3) is 1.60. The van der Waals surface area contributed by atoms with E-state index in [0.29, 0.717) is 0 Å². The topological polar surface area (TPSA) is 25.8 Å². The highest BCUT2D eigenvalue weighted by Crippen LogP contribution is 2.29. The second kappa shape index (κ2) is 4.05. The summed E-state index contributed by atoms with van der Waals surface area (Å²) in [6, 6.07) is 4.09. The third-order valence-electron chi connectivity index (χ3n) is 3.24. The minimum Gasteiger partial charge on any atom is -0.264 e. The van der Waals surface area contributed by atoms with E-state index < -0.39 is 0 Å². The molecule has 80 valence electrons. The zero-order chi connectivity index (χ0) is 10.8. The SMILES string of the molecule is c1cncc(-c2cncc3c2CCCC3)c1. The molecule has 0 aromatic carbocycles. The maximum Gasteiger partial charge on any atom is 0.0349 e. The van der Waals surface area contributed by atoms with Gasteiger partial charge >= 0.3 is 0 Å². The first-order valence-electron chi connectivity index (χ1n) is 5.81.